The molecular weight excluding hydrogens is 229 g/mol. The van der Waals surface area contributed by atoms with Crippen LogP contribution in [-0.2, 0) is 13.1 Å². The highest BCUT2D eigenvalue weighted by Gasteiger charge is 2.01. The van der Waals surface area contributed by atoms with Crippen molar-refractivity contribution in [2.45, 2.75) is 13.1 Å². The Morgan fingerprint density at radius 1 is 1.38 bits per heavy atom. The van der Waals surface area contributed by atoms with Crippen LogP contribution in [0.2, 0.25) is 0 Å². The summed E-state index contributed by atoms with van der Waals surface area (Å²) < 4.78 is 14.8. The number of hydrogen-bond acceptors (Lipinski definition) is 2. The van der Waals surface area contributed by atoms with Gasteiger partial charge in [0.15, 0.2) is 0 Å². The fraction of sp³-hybridized carbons (Fsp3) is 0.182. The smallest absolute Gasteiger partial charge is 0.123 e. The SMILES string of the molecule is Cl.NCc1nccn1Cc1cccc(F)c1. The summed E-state index contributed by atoms with van der Waals surface area (Å²) in [5.41, 5.74) is 6.43. The zero-order valence-corrected chi connectivity index (χ0v) is 9.45. The fourth-order valence-electron chi connectivity index (χ4n) is 1.51. The molecule has 1 aromatic carbocycles. The second-order valence-electron chi connectivity index (χ2n) is 3.31. The summed E-state index contributed by atoms with van der Waals surface area (Å²) in [6.45, 7) is 0.993. The van der Waals surface area contributed by atoms with E-state index in [9.17, 15) is 4.39 Å². The highest BCUT2D eigenvalue weighted by molar-refractivity contribution is 5.85. The normalized spacial score (nSPS) is 9.88. The van der Waals surface area contributed by atoms with Crippen molar-refractivity contribution in [3.8, 4) is 0 Å². The summed E-state index contributed by atoms with van der Waals surface area (Å²) in [4.78, 5) is 4.10. The average molecular weight is 242 g/mol. The first-order chi connectivity index (χ1) is 7.29. The predicted octanol–water partition coefficient (Wildman–Crippen LogP) is 1.95. The number of rotatable bonds is 3. The van der Waals surface area contributed by atoms with Crippen LogP contribution in [0, 0.1) is 5.82 Å². The Labute approximate surface area is 99.5 Å². The van der Waals surface area contributed by atoms with Gasteiger partial charge in [0.2, 0.25) is 0 Å². The van der Waals surface area contributed by atoms with Crippen molar-refractivity contribution in [2.24, 2.45) is 5.73 Å². The Hall–Kier alpha value is -1.39. The molecule has 2 rings (SSSR count). The number of hydrogen-bond donors (Lipinski definition) is 1. The van der Waals surface area contributed by atoms with Crippen LogP contribution in [0.5, 0.6) is 0 Å². The molecule has 2 N–H and O–H groups in total. The van der Waals surface area contributed by atoms with Crippen LogP contribution in [0.25, 0.3) is 0 Å². The Kier molecular flexibility index (Phi) is 4.46. The number of imidazole rings is 1. The third kappa shape index (κ3) is 2.81. The van der Waals surface area contributed by atoms with Gasteiger partial charge in [0.05, 0.1) is 6.54 Å². The molecule has 86 valence electrons. The molecule has 0 spiro atoms. The molecule has 0 saturated heterocycles. The highest BCUT2D eigenvalue weighted by atomic mass is 35.5. The number of nitrogens with two attached hydrogens (primary N) is 1. The molecule has 0 atom stereocenters. The zero-order valence-electron chi connectivity index (χ0n) is 8.64. The van der Waals surface area contributed by atoms with Crippen molar-refractivity contribution in [2.75, 3.05) is 0 Å². The summed E-state index contributed by atoms with van der Waals surface area (Å²) in [5, 5.41) is 0. The van der Waals surface area contributed by atoms with E-state index in [0.717, 1.165) is 11.4 Å². The third-order valence-corrected chi connectivity index (χ3v) is 2.23. The standard InChI is InChI=1S/C11H12FN3.ClH/c12-10-3-1-2-9(6-10)8-15-5-4-14-11(15)7-13;/h1-6H,7-8,13H2;1H. The van der Waals surface area contributed by atoms with Crippen molar-refractivity contribution < 1.29 is 4.39 Å². The summed E-state index contributed by atoms with van der Waals surface area (Å²) >= 11 is 0. The van der Waals surface area contributed by atoms with E-state index >= 15 is 0 Å². The van der Waals surface area contributed by atoms with Crippen LogP contribution in [0.15, 0.2) is 36.7 Å². The van der Waals surface area contributed by atoms with E-state index in [0.29, 0.717) is 13.1 Å². The van der Waals surface area contributed by atoms with Crippen molar-refractivity contribution in [3.05, 3.63) is 53.9 Å². The minimum atomic E-state index is -0.220. The Balaban J connectivity index is 0.00000128. The Bertz CT molecular complexity index is 456. The highest BCUT2D eigenvalue weighted by Crippen LogP contribution is 2.07. The number of aromatic nitrogens is 2. The molecule has 0 fully saturated rings. The lowest BCUT2D eigenvalue weighted by Gasteiger charge is -2.06. The van der Waals surface area contributed by atoms with Gasteiger partial charge in [0, 0.05) is 18.9 Å². The van der Waals surface area contributed by atoms with Crippen LogP contribution in [0.4, 0.5) is 4.39 Å². The second-order valence-corrected chi connectivity index (χ2v) is 3.31. The van der Waals surface area contributed by atoms with Gasteiger partial charge in [-0.05, 0) is 17.7 Å². The molecule has 16 heavy (non-hydrogen) atoms. The van der Waals surface area contributed by atoms with Gasteiger partial charge in [-0.2, -0.15) is 0 Å². The molecule has 1 heterocycles. The van der Waals surface area contributed by atoms with E-state index in [1.54, 1.807) is 12.3 Å². The zero-order chi connectivity index (χ0) is 10.7. The minimum Gasteiger partial charge on any atom is -0.329 e. The maximum Gasteiger partial charge on any atom is 0.123 e. The number of benzene rings is 1. The minimum absolute atomic E-state index is 0. The first-order valence-electron chi connectivity index (χ1n) is 4.74. The van der Waals surface area contributed by atoms with Crippen LogP contribution >= 0.6 is 12.4 Å². The van der Waals surface area contributed by atoms with E-state index in [1.807, 2.05) is 16.8 Å². The first kappa shape index (κ1) is 12.7. The molecule has 0 aliphatic heterocycles. The van der Waals surface area contributed by atoms with Gasteiger partial charge >= 0.3 is 0 Å². The molecule has 3 nitrogen and oxygen atoms in total. The molecule has 0 unspecified atom stereocenters. The van der Waals surface area contributed by atoms with Crippen LogP contribution < -0.4 is 5.73 Å². The number of halogens is 2. The van der Waals surface area contributed by atoms with E-state index in [1.165, 1.54) is 12.1 Å². The second kappa shape index (κ2) is 5.63. The first-order valence-corrected chi connectivity index (χ1v) is 4.74. The lowest BCUT2D eigenvalue weighted by atomic mass is 10.2. The Morgan fingerprint density at radius 2 is 2.19 bits per heavy atom. The van der Waals surface area contributed by atoms with Gasteiger partial charge in [-0.15, -0.1) is 12.4 Å². The van der Waals surface area contributed by atoms with E-state index in [2.05, 4.69) is 4.98 Å². The molecule has 0 bridgehead atoms. The van der Waals surface area contributed by atoms with E-state index in [4.69, 9.17) is 5.73 Å². The number of nitrogens with zero attached hydrogens (tertiary/aromatic N) is 2. The summed E-state index contributed by atoms with van der Waals surface area (Å²) in [5.74, 6) is 0.584. The molecule has 1 aromatic heterocycles. The molecule has 2 aromatic rings. The predicted molar refractivity (Wildman–Crippen MR) is 62.9 cm³/mol. The van der Waals surface area contributed by atoms with Crippen molar-refractivity contribution >= 4 is 12.4 Å². The summed E-state index contributed by atoms with van der Waals surface area (Å²) in [6.07, 6.45) is 3.54. The van der Waals surface area contributed by atoms with Crippen molar-refractivity contribution in [1.82, 2.24) is 9.55 Å². The van der Waals surface area contributed by atoms with Gasteiger partial charge in [-0.1, -0.05) is 12.1 Å². The van der Waals surface area contributed by atoms with E-state index in [-0.39, 0.29) is 18.2 Å². The van der Waals surface area contributed by atoms with Gasteiger partial charge in [0.1, 0.15) is 11.6 Å². The van der Waals surface area contributed by atoms with Crippen LogP contribution in [-0.4, -0.2) is 9.55 Å². The third-order valence-electron chi connectivity index (χ3n) is 2.23. The Morgan fingerprint density at radius 3 is 2.88 bits per heavy atom. The fourth-order valence-corrected chi connectivity index (χ4v) is 1.51. The van der Waals surface area contributed by atoms with Gasteiger partial charge in [-0.25, -0.2) is 9.37 Å². The summed E-state index contributed by atoms with van der Waals surface area (Å²) in [7, 11) is 0. The summed E-state index contributed by atoms with van der Waals surface area (Å²) in [6, 6.07) is 6.52. The maximum atomic E-state index is 12.9. The van der Waals surface area contributed by atoms with Gasteiger partial charge < -0.3 is 10.3 Å². The molecule has 0 aliphatic carbocycles. The maximum absolute atomic E-state index is 12.9. The lowest BCUT2D eigenvalue weighted by molar-refractivity contribution is 0.622. The largest absolute Gasteiger partial charge is 0.329 e. The molecule has 0 amide bonds. The van der Waals surface area contributed by atoms with Crippen LogP contribution in [0.1, 0.15) is 11.4 Å². The average Bonchev–Trinajstić information content (AvgIpc) is 2.65. The molecule has 0 radical (unpaired) electrons. The molecule has 5 heteroatoms. The van der Waals surface area contributed by atoms with Gasteiger partial charge in [-0.3, -0.25) is 0 Å². The molecule has 0 saturated carbocycles. The van der Waals surface area contributed by atoms with Crippen molar-refractivity contribution in [1.29, 1.82) is 0 Å². The monoisotopic (exact) mass is 241 g/mol. The van der Waals surface area contributed by atoms with Crippen molar-refractivity contribution in [3.63, 3.8) is 0 Å². The van der Waals surface area contributed by atoms with E-state index < -0.39 is 0 Å². The van der Waals surface area contributed by atoms with Crippen LogP contribution in [0.3, 0.4) is 0 Å². The van der Waals surface area contributed by atoms with Gasteiger partial charge in [0.25, 0.3) is 0 Å². The molecular formula is C11H13ClFN3. The topological polar surface area (TPSA) is 43.8 Å². The lowest BCUT2D eigenvalue weighted by Crippen LogP contribution is -2.08. The molecule has 0 aliphatic rings. The quantitative estimate of drug-likeness (QED) is 0.893.